The minimum atomic E-state index is -4.02. The van der Waals surface area contributed by atoms with Gasteiger partial charge in [0, 0.05) is 17.4 Å². The van der Waals surface area contributed by atoms with Crippen molar-refractivity contribution in [3.05, 3.63) is 75.0 Å². The number of carbonyl (C=O) groups excluding carboxylic acids is 1. The highest BCUT2D eigenvalue weighted by Gasteiger charge is 2.18. The molecule has 5 aromatic rings. The van der Waals surface area contributed by atoms with E-state index in [0.29, 0.717) is 20.0 Å². The van der Waals surface area contributed by atoms with Crippen molar-refractivity contribution < 1.29 is 22.7 Å². The average Bonchev–Trinajstić information content (AvgIpc) is 3.32. The van der Waals surface area contributed by atoms with Crippen molar-refractivity contribution in [2.45, 2.75) is 10.1 Å². The molecule has 0 aliphatic carbocycles. The third kappa shape index (κ3) is 6.43. The van der Waals surface area contributed by atoms with E-state index in [4.69, 9.17) is 21.7 Å². The quantitative estimate of drug-likeness (QED) is 0.115. The van der Waals surface area contributed by atoms with Gasteiger partial charge in [0.05, 0.1) is 24.9 Å². The van der Waals surface area contributed by atoms with E-state index in [9.17, 15) is 18.0 Å². The Balaban J connectivity index is 1.25. The number of thiazole rings is 1. The van der Waals surface area contributed by atoms with Crippen LogP contribution in [0.15, 0.2) is 75.5 Å². The molecule has 3 heterocycles. The molecule has 3 N–H and O–H groups in total. The molecule has 1 amide bonds. The number of aromatic amines is 1. The summed E-state index contributed by atoms with van der Waals surface area (Å²) in [5.74, 6) is -0.380. The maximum atomic E-state index is 12.8. The van der Waals surface area contributed by atoms with Gasteiger partial charge in [-0.05, 0) is 48.6 Å². The molecule has 0 saturated heterocycles. The highest BCUT2D eigenvalue weighted by Crippen LogP contribution is 2.25. The van der Waals surface area contributed by atoms with Crippen LogP contribution < -0.4 is 25.1 Å². The summed E-state index contributed by atoms with van der Waals surface area (Å²) in [6, 6.07) is 16.1. The largest absolute Gasteiger partial charge is 0.481 e. The first-order valence-electron chi connectivity index (χ1n) is 11.9. The molecule has 0 unspecified atom stereocenters. The average molecular weight is 644 g/mol. The summed E-state index contributed by atoms with van der Waals surface area (Å²) >= 11 is 7.67. The zero-order chi connectivity index (χ0) is 29.9. The Hall–Kier alpha value is -4.32. The Labute approximate surface area is 252 Å². The van der Waals surface area contributed by atoms with Crippen LogP contribution in [0.4, 0.5) is 11.5 Å². The third-order valence-electron chi connectivity index (χ3n) is 5.54. The number of nitrogens with one attached hydrogen (secondary N) is 3. The number of methoxy groups -OCH3 is 2. The Morgan fingerprint density at radius 2 is 1.81 bits per heavy atom. The summed E-state index contributed by atoms with van der Waals surface area (Å²) in [5, 5.41) is 2.95. The molecule has 0 aliphatic rings. The van der Waals surface area contributed by atoms with Gasteiger partial charge < -0.3 is 19.8 Å². The molecule has 13 nitrogen and oxygen atoms in total. The summed E-state index contributed by atoms with van der Waals surface area (Å²) in [4.78, 5) is 40.4. The fourth-order valence-corrected chi connectivity index (χ4v) is 6.58. The molecule has 17 heteroatoms. The molecule has 42 heavy (non-hydrogen) atoms. The summed E-state index contributed by atoms with van der Waals surface area (Å²) in [6.45, 7) is 0. The molecule has 0 spiro atoms. The molecule has 0 fully saturated rings. The lowest BCUT2D eigenvalue weighted by molar-refractivity contribution is -0.113. The number of fused-ring (bicyclic) bond motifs is 1. The predicted octanol–water partition coefficient (Wildman–Crippen LogP) is 3.84. The van der Waals surface area contributed by atoms with E-state index in [1.807, 2.05) is 30.3 Å². The van der Waals surface area contributed by atoms with Gasteiger partial charge in [0.1, 0.15) is 4.70 Å². The van der Waals surface area contributed by atoms with Crippen LogP contribution in [0.1, 0.15) is 0 Å². The van der Waals surface area contributed by atoms with Crippen molar-refractivity contribution in [2.24, 2.45) is 0 Å². The number of para-hydroxylation sites is 1. The number of carbonyl (C=O) groups is 1. The van der Waals surface area contributed by atoms with E-state index in [1.165, 1.54) is 44.6 Å². The second-order valence-corrected chi connectivity index (χ2v) is 12.6. The Morgan fingerprint density at radius 3 is 2.50 bits per heavy atom. The minimum Gasteiger partial charge on any atom is -0.481 e. The minimum absolute atomic E-state index is 0.0429. The van der Waals surface area contributed by atoms with Crippen molar-refractivity contribution in [3.63, 3.8) is 0 Å². The van der Waals surface area contributed by atoms with E-state index in [1.54, 1.807) is 4.57 Å². The van der Waals surface area contributed by atoms with Crippen molar-refractivity contribution in [3.8, 4) is 17.6 Å². The van der Waals surface area contributed by atoms with Crippen LogP contribution in [-0.2, 0) is 14.8 Å². The lowest BCUT2D eigenvalue weighted by Gasteiger charge is -2.10. The predicted molar refractivity (Wildman–Crippen MR) is 162 cm³/mol. The molecule has 3 aromatic heterocycles. The Morgan fingerprint density at radius 1 is 1.07 bits per heavy atom. The number of benzene rings is 2. The Bertz CT molecular complexity index is 1970. The van der Waals surface area contributed by atoms with E-state index in [0.717, 1.165) is 28.8 Å². The van der Waals surface area contributed by atoms with E-state index in [-0.39, 0.29) is 45.0 Å². The smallest absolute Gasteiger partial charge is 0.321 e. The molecule has 0 radical (unpaired) electrons. The van der Waals surface area contributed by atoms with E-state index >= 15 is 0 Å². The number of rotatable bonds is 10. The van der Waals surface area contributed by atoms with E-state index < -0.39 is 10.0 Å². The summed E-state index contributed by atoms with van der Waals surface area (Å²) in [5.41, 5.74) is 1.21. The number of sulfonamides is 1. The van der Waals surface area contributed by atoms with Crippen molar-refractivity contribution in [1.29, 1.82) is 0 Å². The third-order valence-corrected chi connectivity index (χ3v) is 9.14. The van der Waals surface area contributed by atoms with Crippen LogP contribution >= 0.6 is 35.3 Å². The van der Waals surface area contributed by atoms with Crippen molar-refractivity contribution in [2.75, 3.05) is 30.0 Å². The Kier molecular flexibility index (Phi) is 8.53. The zero-order valence-corrected chi connectivity index (χ0v) is 25.1. The normalized spacial score (nSPS) is 11.3. The van der Waals surface area contributed by atoms with E-state index in [2.05, 4.69) is 30.0 Å². The molecule has 0 atom stereocenters. The second-order valence-electron chi connectivity index (χ2n) is 8.31. The first-order valence-corrected chi connectivity index (χ1v) is 15.6. The fraction of sp³-hybridized carbons (Fsp3) is 0.120. The van der Waals surface area contributed by atoms with Gasteiger partial charge in [-0.2, -0.15) is 9.97 Å². The number of amides is 1. The first kappa shape index (κ1) is 29.2. The number of aromatic nitrogens is 5. The fourth-order valence-electron chi connectivity index (χ4n) is 3.66. The maximum absolute atomic E-state index is 12.8. The van der Waals surface area contributed by atoms with Gasteiger partial charge in [-0.1, -0.05) is 41.3 Å². The van der Waals surface area contributed by atoms with Gasteiger partial charge in [-0.3, -0.25) is 18.9 Å². The van der Waals surface area contributed by atoms with Gasteiger partial charge in [0.2, 0.25) is 11.8 Å². The molecule has 0 saturated carbocycles. The monoisotopic (exact) mass is 643 g/mol. The number of nitrogens with zero attached hydrogens (tertiary/aromatic N) is 4. The number of hydrogen-bond acceptors (Lipinski definition) is 12. The van der Waals surface area contributed by atoms with Gasteiger partial charge in [-0.15, -0.1) is 0 Å². The van der Waals surface area contributed by atoms with Gasteiger partial charge in [-0.25, -0.2) is 13.4 Å². The molecular formula is C25H21N7O6S4. The second kappa shape index (κ2) is 12.3. The van der Waals surface area contributed by atoms with Gasteiger partial charge >= 0.3 is 6.01 Å². The molecule has 0 aliphatic heterocycles. The van der Waals surface area contributed by atoms with Crippen molar-refractivity contribution >= 4 is 73.1 Å². The van der Waals surface area contributed by atoms with Crippen LogP contribution in [0.25, 0.3) is 16.0 Å². The number of hydrogen-bond donors (Lipinski definition) is 3. The van der Waals surface area contributed by atoms with Gasteiger partial charge in [0.15, 0.2) is 20.6 Å². The topological polar surface area (TPSA) is 170 Å². The van der Waals surface area contributed by atoms with Crippen LogP contribution in [0.2, 0.25) is 0 Å². The highest BCUT2D eigenvalue weighted by atomic mass is 32.2. The molecule has 216 valence electrons. The van der Waals surface area contributed by atoms with Crippen molar-refractivity contribution in [1.82, 2.24) is 24.5 Å². The highest BCUT2D eigenvalue weighted by molar-refractivity contribution is 7.99. The standard InChI is InChI=1S/C25H21N7O6S4/c1-37-19-12-17(27-23(28-19)38-2)31-42(35,36)16-10-8-14(9-11-16)26-18(33)13-40-24-29-21-20(22(34)30-24)41-25(39)32(21)15-6-4-3-5-7-15/h3-12H,13H2,1-2H3,(H,26,33)(H,27,28,31)(H,29,30,34). The zero-order valence-electron chi connectivity index (χ0n) is 21.9. The number of anilines is 2. The van der Waals surface area contributed by atoms with Gasteiger partial charge in [0.25, 0.3) is 15.6 Å². The molecule has 2 aromatic carbocycles. The van der Waals surface area contributed by atoms with Crippen LogP contribution in [0.5, 0.6) is 11.9 Å². The van der Waals surface area contributed by atoms with Crippen LogP contribution in [0, 0.1) is 3.95 Å². The van der Waals surface area contributed by atoms with Crippen LogP contribution in [0.3, 0.4) is 0 Å². The summed E-state index contributed by atoms with van der Waals surface area (Å²) in [7, 11) is -1.30. The molecule has 0 bridgehead atoms. The SMILES string of the molecule is COc1cc(NS(=O)(=O)c2ccc(NC(=O)CSc3nc4c(sc(=S)n4-c4ccccc4)c(=O)[nH]3)cc2)nc(OC)n1. The summed E-state index contributed by atoms with van der Waals surface area (Å²) < 4.78 is 40.6. The number of ether oxygens (including phenoxy) is 2. The lowest BCUT2D eigenvalue weighted by Crippen LogP contribution is -2.16. The van der Waals surface area contributed by atoms with Crippen LogP contribution in [-0.4, -0.2) is 58.8 Å². The molecule has 5 rings (SSSR count). The molecular weight excluding hydrogens is 623 g/mol. The number of thioether (sulfide) groups is 1. The number of H-pyrrole nitrogens is 1. The first-order chi connectivity index (χ1) is 20.2. The lowest BCUT2D eigenvalue weighted by atomic mass is 10.3. The maximum Gasteiger partial charge on any atom is 0.321 e. The summed E-state index contributed by atoms with van der Waals surface area (Å²) in [6.07, 6.45) is 0.